The van der Waals surface area contributed by atoms with E-state index in [4.69, 9.17) is 5.11 Å². The van der Waals surface area contributed by atoms with E-state index in [9.17, 15) is 0 Å². The first-order valence-electron chi connectivity index (χ1n) is 7.80. The van der Waals surface area contributed by atoms with Gasteiger partial charge in [0.25, 0.3) is 0 Å². The summed E-state index contributed by atoms with van der Waals surface area (Å²) in [6.07, 6.45) is 3.61. The van der Waals surface area contributed by atoms with E-state index in [0.29, 0.717) is 6.04 Å². The molecule has 2 nitrogen and oxygen atoms in total. The summed E-state index contributed by atoms with van der Waals surface area (Å²) in [6.45, 7) is 3.20. The molecule has 0 saturated carbocycles. The monoisotopic (exact) mass is 283 g/mol. The van der Waals surface area contributed by atoms with E-state index in [1.165, 1.54) is 24.0 Å². The second-order valence-electron chi connectivity index (χ2n) is 5.46. The van der Waals surface area contributed by atoms with Gasteiger partial charge in [-0.2, -0.15) is 0 Å². The van der Waals surface area contributed by atoms with Crippen LogP contribution in [0.15, 0.2) is 54.6 Å². The van der Waals surface area contributed by atoms with Crippen molar-refractivity contribution in [2.45, 2.75) is 45.4 Å². The lowest BCUT2D eigenvalue weighted by Crippen LogP contribution is -2.21. The standard InChI is InChI=1S/C19H25NO/c1-2-3-9-19(18-7-5-4-6-8-18)20-14-16-10-12-17(15-21)13-11-16/h4-8,10-13,19-21H,2-3,9,14-15H2,1H3. The van der Waals surface area contributed by atoms with Gasteiger partial charge in [-0.25, -0.2) is 0 Å². The average molecular weight is 283 g/mol. The van der Waals surface area contributed by atoms with Crippen molar-refractivity contribution in [3.8, 4) is 0 Å². The van der Waals surface area contributed by atoms with Crippen molar-refractivity contribution in [3.05, 3.63) is 71.3 Å². The molecule has 0 radical (unpaired) electrons. The molecule has 0 spiro atoms. The van der Waals surface area contributed by atoms with Gasteiger partial charge in [0, 0.05) is 12.6 Å². The first kappa shape index (κ1) is 15.7. The fourth-order valence-corrected chi connectivity index (χ4v) is 2.48. The van der Waals surface area contributed by atoms with Crippen molar-refractivity contribution >= 4 is 0 Å². The highest BCUT2D eigenvalue weighted by molar-refractivity contribution is 5.23. The minimum Gasteiger partial charge on any atom is -0.392 e. The molecule has 1 unspecified atom stereocenters. The van der Waals surface area contributed by atoms with Gasteiger partial charge in [0.15, 0.2) is 0 Å². The quantitative estimate of drug-likeness (QED) is 0.761. The van der Waals surface area contributed by atoms with Crippen LogP contribution in [0.3, 0.4) is 0 Å². The molecule has 0 aliphatic carbocycles. The minimum absolute atomic E-state index is 0.108. The van der Waals surface area contributed by atoms with Gasteiger partial charge < -0.3 is 10.4 Å². The number of benzene rings is 2. The largest absolute Gasteiger partial charge is 0.392 e. The molecule has 0 aromatic heterocycles. The predicted octanol–water partition coefficient (Wildman–Crippen LogP) is 4.20. The normalized spacial score (nSPS) is 12.3. The zero-order valence-electron chi connectivity index (χ0n) is 12.8. The van der Waals surface area contributed by atoms with Crippen molar-refractivity contribution in [2.24, 2.45) is 0 Å². The van der Waals surface area contributed by atoms with Crippen LogP contribution in [0.2, 0.25) is 0 Å². The van der Waals surface area contributed by atoms with Gasteiger partial charge in [0.2, 0.25) is 0 Å². The van der Waals surface area contributed by atoms with Gasteiger partial charge in [-0.15, -0.1) is 0 Å². The maximum absolute atomic E-state index is 9.08. The maximum Gasteiger partial charge on any atom is 0.0681 e. The van der Waals surface area contributed by atoms with Gasteiger partial charge in [-0.1, -0.05) is 74.4 Å². The molecule has 112 valence electrons. The highest BCUT2D eigenvalue weighted by atomic mass is 16.3. The molecule has 1 atom stereocenters. The van der Waals surface area contributed by atoms with Crippen LogP contribution in [0.1, 0.15) is 48.9 Å². The molecular weight excluding hydrogens is 258 g/mol. The number of aliphatic hydroxyl groups excluding tert-OH is 1. The third kappa shape index (κ3) is 5.00. The highest BCUT2D eigenvalue weighted by Crippen LogP contribution is 2.20. The summed E-state index contributed by atoms with van der Waals surface area (Å²) >= 11 is 0. The highest BCUT2D eigenvalue weighted by Gasteiger charge is 2.09. The summed E-state index contributed by atoms with van der Waals surface area (Å²) < 4.78 is 0. The number of nitrogens with one attached hydrogen (secondary N) is 1. The first-order valence-corrected chi connectivity index (χ1v) is 7.80. The van der Waals surface area contributed by atoms with Crippen LogP contribution >= 0.6 is 0 Å². The second-order valence-corrected chi connectivity index (χ2v) is 5.46. The lowest BCUT2D eigenvalue weighted by molar-refractivity contribution is 0.282. The van der Waals surface area contributed by atoms with Crippen molar-refractivity contribution in [1.82, 2.24) is 5.32 Å². The number of aliphatic hydroxyl groups is 1. The van der Waals surface area contributed by atoms with Crippen molar-refractivity contribution in [1.29, 1.82) is 0 Å². The van der Waals surface area contributed by atoms with E-state index in [1.54, 1.807) is 0 Å². The second kappa shape index (κ2) is 8.60. The van der Waals surface area contributed by atoms with Gasteiger partial charge in [-0.05, 0) is 23.1 Å². The van der Waals surface area contributed by atoms with Gasteiger partial charge >= 0.3 is 0 Å². The van der Waals surface area contributed by atoms with Crippen molar-refractivity contribution in [2.75, 3.05) is 0 Å². The summed E-state index contributed by atoms with van der Waals surface area (Å²) in [5, 5.41) is 12.7. The molecule has 0 bridgehead atoms. The predicted molar refractivity (Wildman–Crippen MR) is 87.9 cm³/mol. The Bertz CT molecular complexity index is 507. The fourth-order valence-electron chi connectivity index (χ4n) is 2.48. The van der Waals surface area contributed by atoms with E-state index in [0.717, 1.165) is 18.5 Å². The summed E-state index contributed by atoms with van der Waals surface area (Å²) in [5.74, 6) is 0. The zero-order chi connectivity index (χ0) is 14.9. The Hall–Kier alpha value is -1.64. The van der Waals surface area contributed by atoms with Crippen LogP contribution in [-0.4, -0.2) is 5.11 Å². The number of rotatable bonds is 8. The molecule has 0 heterocycles. The molecule has 0 aliphatic rings. The third-order valence-electron chi connectivity index (χ3n) is 3.81. The van der Waals surface area contributed by atoms with Gasteiger partial charge in [0.1, 0.15) is 0 Å². The van der Waals surface area contributed by atoms with Crippen LogP contribution in [0, 0.1) is 0 Å². The fraction of sp³-hybridized carbons (Fsp3) is 0.368. The van der Waals surface area contributed by atoms with Crippen LogP contribution in [0.4, 0.5) is 0 Å². The molecule has 2 aromatic rings. The molecule has 0 amide bonds. The number of unbranched alkanes of at least 4 members (excludes halogenated alkanes) is 1. The summed E-state index contributed by atoms with van der Waals surface area (Å²) in [5.41, 5.74) is 3.58. The van der Waals surface area contributed by atoms with E-state index in [1.807, 2.05) is 12.1 Å². The van der Waals surface area contributed by atoms with E-state index >= 15 is 0 Å². The average Bonchev–Trinajstić information content (AvgIpc) is 2.56. The molecular formula is C19H25NO. The van der Waals surface area contributed by atoms with Crippen molar-refractivity contribution in [3.63, 3.8) is 0 Å². The Balaban J connectivity index is 1.97. The molecule has 2 heteroatoms. The summed E-state index contributed by atoms with van der Waals surface area (Å²) in [7, 11) is 0. The molecule has 21 heavy (non-hydrogen) atoms. The molecule has 2 N–H and O–H groups in total. The van der Waals surface area contributed by atoms with E-state index in [-0.39, 0.29) is 6.61 Å². The Labute approximate surface area is 127 Å². The molecule has 0 saturated heterocycles. The first-order chi connectivity index (χ1) is 10.3. The topological polar surface area (TPSA) is 32.3 Å². The lowest BCUT2D eigenvalue weighted by atomic mass is 10.0. The van der Waals surface area contributed by atoms with Crippen LogP contribution in [0.5, 0.6) is 0 Å². The SMILES string of the molecule is CCCCC(NCc1ccc(CO)cc1)c1ccccc1. The summed E-state index contributed by atoms with van der Waals surface area (Å²) in [4.78, 5) is 0. The molecule has 0 aliphatic heterocycles. The molecule has 2 rings (SSSR count). The van der Waals surface area contributed by atoms with E-state index < -0.39 is 0 Å². The molecule has 0 fully saturated rings. The Morgan fingerprint density at radius 2 is 1.62 bits per heavy atom. The zero-order valence-corrected chi connectivity index (χ0v) is 12.8. The van der Waals surface area contributed by atoms with E-state index in [2.05, 4.69) is 54.7 Å². The van der Waals surface area contributed by atoms with Crippen LogP contribution in [0.25, 0.3) is 0 Å². The lowest BCUT2D eigenvalue weighted by Gasteiger charge is -2.19. The van der Waals surface area contributed by atoms with Gasteiger partial charge in [0.05, 0.1) is 6.61 Å². The van der Waals surface area contributed by atoms with Crippen molar-refractivity contribution < 1.29 is 5.11 Å². The summed E-state index contributed by atoms with van der Waals surface area (Å²) in [6, 6.07) is 19.2. The number of hydrogen-bond donors (Lipinski definition) is 2. The Morgan fingerprint density at radius 3 is 2.24 bits per heavy atom. The maximum atomic E-state index is 9.08. The van der Waals surface area contributed by atoms with Gasteiger partial charge in [-0.3, -0.25) is 0 Å². The van der Waals surface area contributed by atoms with Crippen LogP contribution in [-0.2, 0) is 13.2 Å². The third-order valence-corrected chi connectivity index (χ3v) is 3.81. The minimum atomic E-state index is 0.108. The number of hydrogen-bond acceptors (Lipinski definition) is 2. The Morgan fingerprint density at radius 1 is 0.952 bits per heavy atom. The Kier molecular flexibility index (Phi) is 6.45. The molecule has 2 aromatic carbocycles. The van der Waals surface area contributed by atoms with Crippen LogP contribution < -0.4 is 5.32 Å². The smallest absolute Gasteiger partial charge is 0.0681 e.